The van der Waals surface area contributed by atoms with Gasteiger partial charge in [0, 0.05) is 32.7 Å². The summed E-state index contributed by atoms with van der Waals surface area (Å²) in [5.74, 6) is 0.649. The number of amides is 1. The lowest BCUT2D eigenvalue weighted by Gasteiger charge is -2.34. The number of hydrogen-bond donors (Lipinski definition) is 2. The van der Waals surface area contributed by atoms with Crippen LogP contribution in [0.15, 0.2) is 0 Å². The molecule has 1 aliphatic heterocycles. The molecule has 0 spiro atoms. The Balaban J connectivity index is 1.53. The van der Waals surface area contributed by atoms with Gasteiger partial charge in [0.2, 0.25) is 5.91 Å². The fourth-order valence-corrected chi connectivity index (χ4v) is 2.53. The van der Waals surface area contributed by atoms with Crippen molar-refractivity contribution in [3.63, 3.8) is 0 Å². The predicted molar refractivity (Wildman–Crippen MR) is 68.4 cm³/mol. The third kappa shape index (κ3) is 4.23. The molecule has 1 heterocycles. The summed E-state index contributed by atoms with van der Waals surface area (Å²) in [4.78, 5) is 11.7. The van der Waals surface area contributed by atoms with Gasteiger partial charge in [-0.3, -0.25) is 4.79 Å². The largest absolute Gasteiger partial charge is 0.378 e. The molecule has 0 bridgehead atoms. The van der Waals surface area contributed by atoms with Crippen molar-refractivity contribution < 1.29 is 14.3 Å². The number of carbonyl (C=O) groups excluding carboxylic acids is 1. The van der Waals surface area contributed by atoms with Crippen molar-refractivity contribution in [1.82, 2.24) is 10.6 Å². The Labute approximate surface area is 109 Å². The highest BCUT2D eigenvalue weighted by Gasteiger charge is 2.31. The van der Waals surface area contributed by atoms with Gasteiger partial charge in [-0.25, -0.2) is 0 Å². The van der Waals surface area contributed by atoms with Crippen molar-refractivity contribution in [1.29, 1.82) is 0 Å². The summed E-state index contributed by atoms with van der Waals surface area (Å²) in [6, 6.07) is 0. The van der Waals surface area contributed by atoms with Crippen LogP contribution in [0, 0.1) is 5.92 Å². The molecule has 18 heavy (non-hydrogen) atoms. The molecule has 104 valence electrons. The SMILES string of the molecule is CCOC1CC(CC(=O)NCC2CNCCO2)C1. The van der Waals surface area contributed by atoms with E-state index in [0.717, 1.165) is 39.1 Å². The standard InChI is InChI=1S/C13H24N2O3/c1-2-17-11-5-10(6-11)7-13(16)15-9-12-8-14-3-4-18-12/h10-12,14H,2-9H2,1H3,(H,15,16). The Morgan fingerprint density at radius 2 is 2.33 bits per heavy atom. The Bertz CT molecular complexity index is 261. The molecule has 0 radical (unpaired) electrons. The summed E-state index contributed by atoms with van der Waals surface area (Å²) in [5, 5.41) is 6.20. The first kappa shape index (κ1) is 13.8. The normalized spacial score (nSPS) is 31.7. The van der Waals surface area contributed by atoms with Gasteiger partial charge in [-0.05, 0) is 25.7 Å². The predicted octanol–water partition coefficient (Wildman–Crippen LogP) is 0.296. The van der Waals surface area contributed by atoms with Crippen LogP contribution in [0.1, 0.15) is 26.2 Å². The maximum atomic E-state index is 11.7. The first-order chi connectivity index (χ1) is 8.78. The minimum absolute atomic E-state index is 0.125. The van der Waals surface area contributed by atoms with Crippen LogP contribution in [0.25, 0.3) is 0 Å². The minimum atomic E-state index is 0.125. The number of nitrogens with one attached hydrogen (secondary N) is 2. The highest BCUT2D eigenvalue weighted by molar-refractivity contribution is 5.76. The first-order valence-corrected chi connectivity index (χ1v) is 6.98. The highest BCUT2D eigenvalue weighted by Crippen LogP contribution is 2.32. The molecule has 0 aromatic carbocycles. The van der Waals surface area contributed by atoms with E-state index >= 15 is 0 Å². The maximum absolute atomic E-state index is 11.7. The highest BCUT2D eigenvalue weighted by atomic mass is 16.5. The number of ether oxygens (including phenoxy) is 2. The molecule has 5 heteroatoms. The summed E-state index contributed by atoms with van der Waals surface area (Å²) < 4.78 is 11.0. The molecule has 0 aromatic heterocycles. The van der Waals surface area contributed by atoms with E-state index in [1.807, 2.05) is 6.92 Å². The van der Waals surface area contributed by atoms with Gasteiger partial charge in [0.15, 0.2) is 0 Å². The van der Waals surface area contributed by atoms with Crippen molar-refractivity contribution >= 4 is 5.91 Å². The molecular weight excluding hydrogens is 232 g/mol. The maximum Gasteiger partial charge on any atom is 0.220 e. The summed E-state index contributed by atoms with van der Waals surface area (Å²) in [5.41, 5.74) is 0. The Morgan fingerprint density at radius 1 is 1.50 bits per heavy atom. The molecule has 1 unspecified atom stereocenters. The van der Waals surface area contributed by atoms with Gasteiger partial charge in [0.05, 0.1) is 18.8 Å². The van der Waals surface area contributed by atoms with Crippen molar-refractivity contribution in [2.45, 2.75) is 38.4 Å². The van der Waals surface area contributed by atoms with E-state index in [1.165, 1.54) is 0 Å². The molecule has 1 saturated carbocycles. The third-order valence-electron chi connectivity index (χ3n) is 3.60. The number of hydrogen-bond acceptors (Lipinski definition) is 4. The van der Waals surface area contributed by atoms with Crippen LogP contribution in [0.3, 0.4) is 0 Å². The van der Waals surface area contributed by atoms with Crippen LogP contribution in [-0.4, -0.2) is 51.0 Å². The Morgan fingerprint density at radius 3 is 3.00 bits per heavy atom. The van der Waals surface area contributed by atoms with Gasteiger partial charge in [0.25, 0.3) is 0 Å². The number of morpholine rings is 1. The molecule has 1 aliphatic carbocycles. The molecule has 2 fully saturated rings. The van der Waals surface area contributed by atoms with Crippen LogP contribution >= 0.6 is 0 Å². The van der Waals surface area contributed by atoms with E-state index in [0.29, 0.717) is 25.0 Å². The van der Waals surface area contributed by atoms with Crippen molar-refractivity contribution in [2.75, 3.05) is 32.8 Å². The fraction of sp³-hybridized carbons (Fsp3) is 0.923. The third-order valence-corrected chi connectivity index (χ3v) is 3.60. The lowest BCUT2D eigenvalue weighted by molar-refractivity contribution is -0.125. The van der Waals surface area contributed by atoms with E-state index in [1.54, 1.807) is 0 Å². The lowest BCUT2D eigenvalue weighted by atomic mass is 9.80. The molecule has 2 N–H and O–H groups in total. The van der Waals surface area contributed by atoms with E-state index in [2.05, 4.69) is 10.6 Å². The molecular formula is C13H24N2O3. The van der Waals surface area contributed by atoms with Crippen LogP contribution in [0.2, 0.25) is 0 Å². The zero-order chi connectivity index (χ0) is 12.8. The number of rotatable bonds is 6. The van der Waals surface area contributed by atoms with E-state index < -0.39 is 0 Å². The van der Waals surface area contributed by atoms with E-state index in [9.17, 15) is 4.79 Å². The smallest absolute Gasteiger partial charge is 0.220 e. The molecule has 0 aromatic rings. The zero-order valence-corrected chi connectivity index (χ0v) is 11.1. The molecule has 2 aliphatic rings. The van der Waals surface area contributed by atoms with Crippen molar-refractivity contribution in [3.8, 4) is 0 Å². The quantitative estimate of drug-likeness (QED) is 0.717. The summed E-state index contributed by atoms with van der Waals surface area (Å²) >= 11 is 0. The van der Waals surface area contributed by atoms with Crippen LogP contribution in [-0.2, 0) is 14.3 Å². The lowest BCUT2D eigenvalue weighted by Crippen LogP contribution is -2.45. The zero-order valence-electron chi connectivity index (χ0n) is 11.1. The summed E-state index contributed by atoms with van der Waals surface area (Å²) in [6.45, 7) is 5.88. The van der Waals surface area contributed by atoms with Gasteiger partial charge in [-0.2, -0.15) is 0 Å². The molecule has 1 amide bonds. The second kappa shape index (κ2) is 7.07. The van der Waals surface area contributed by atoms with E-state index in [-0.39, 0.29) is 12.0 Å². The van der Waals surface area contributed by atoms with Gasteiger partial charge in [-0.1, -0.05) is 0 Å². The van der Waals surface area contributed by atoms with Gasteiger partial charge < -0.3 is 20.1 Å². The topological polar surface area (TPSA) is 59.6 Å². The van der Waals surface area contributed by atoms with Crippen LogP contribution < -0.4 is 10.6 Å². The first-order valence-electron chi connectivity index (χ1n) is 6.98. The summed E-state index contributed by atoms with van der Waals surface area (Å²) in [7, 11) is 0. The molecule has 2 rings (SSSR count). The van der Waals surface area contributed by atoms with Crippen molar-refractivity contribution in [3.05, 3.63) is 0 Å². The average Bonchev–Trinajstić information content (AvgIpc) is 2.35. The minimum Gasteiger partial charge on any atom is -0.378 e. The molecule has 1 saturated heterocycles. The Kier molecular flexibility index (Phi) is 5.41. The fourth-order valence-electron chi connectivity index (χ4n) is 2.53. The van der Waals surface area contributed by atoms with Gasteiger partial charge in [-0.15, -0.1) is 0 Å². The van der Waals surface area contributed by atoms with E-state index in [4.69, 9.17) is 9.47 Å². The van der Waals surface area contributed by atoms with Gasteiger partial charge in [0.1, 0.15) is 0 Å². The summed E-state index contributed by atoms with van der Waals surface area (Å²) in [6.07, 6.45) is 3.20. The molecule has 5 nitrogen and oxygen atoms in total. The Hall–Kier alpha value is -0.650. The molecule has 1 atom stereocenters. The van der Waals surface area contributed by atoms with Crippen LogP contribution in [0.5, 0.6) is 0 Å². The number of carbonyl (C=O) groups is 1. The second-order valence-electron chi connectivity index (χ2n) is 5.12. The second-order valence-corrected chi connectivity index (χ2v) is 5.12. The van der Waals surface area contributed by atoms with Gasteiger partial charge >= 0.3 is 0 Å². The van der Waals surface area contributed by atoms with Crippen LogP contribution in [0.4, 0.5) is 0 Å². The average molecular weight is 256 g/mol. The monoisotopic (exact) mass is 256 g/mol. The van der Waals surface area contributed by atoms with Crippen molar-refractivity contribution in [2.24, 2.45) is 5.92 Å².